The molecule has 0 atom stereocenters. The molecule has 122 valence electrons. The second kappa shape index (κ2) is 6.99. The molecule has 4 nitrogen and oxygen atoms in total. The summed E-state index contributed by atoms with van der Waals surface area (Å²) in [6.07, 6.45) is 11.0. The third kappa shape index (κ3) is 3.46. The Hall–Kier alpha value is -2.10. The van der Waals surface area contributed by atoms with Gasteiger partial charge in [0.15, 0.2) is 0 Å². The van der Waals surface area contributed by atoms with Crippen molar-refractivity contribution >= 4 is 11.6 Å². The van der Waals surface area contributed by atoms with Crippen LogP contribution < -0.4 is 5.32 Å². The standard InChI is InChI=1S/C19H25N3O/c1-3-16-18(22-13-14(2)9-10-17(22)21-16)19(23)20-12-11-15-7-5-4-6-8-15/h7,9-10,13H,3-6,8,11-12H2,1-2H3,(H,20,23). The summed E-state index contributed by atoms with van der Waals surface area (Å²) in [5.41, 5.74) is 5.00. The number of nitrogens with one attached hydrogen (secondary N) is 1. The van der Waals surface area contributed by atoms with E-state index in [2.05, 4.69) is 16.4 Å². The highest BCUT2D eigenvalue weighted by Gasteiger charge is 2.18. The minimum absolute atomic E-state index is 0.0173. The number of amides is 1. The molecule has 1 aliphatic carbocycles. The third-order valence-electron chi connectivity index (χ3n) is 4.51. The highest BCUT2D eigenvalue weighted by atomic mass is 16.1. The first kappa shape index (κ1) is 15.8. The van der Waals surface area contributed by atoms with Crippen LogP contribution in [0.3, 0.4) is 0 Å². The van der Waals surface area contributed by atoms with E-state index in [0.29, 0.717) is 12.2 Å². The van der Waals surface area contributed by atoms with Crippen LogP contribution in [-0.2, 0) is 6.42 Å². The molecule has 23 heavy (non-hydrogen) atoms. The van der Waals surface area contributed by atoms with Gasteiger partial charge in [-0.3, -0.25) is 9.20 Å². The Kier molecular flexibility index (Phi) is 4.79. The number of fused-ring (bicyclic) bond motifs is 1. The maximum atomic E-state index is 12.7. The second-order valence-corrected chi connectivity index (χ2v) is 6.31. The maximum Gasteiger partial charge on any atom is 0.270 e. The first-order valence-corrected chi connectivity index (χ1v) is 8.62. The number of hydrogen-bond acceptors (Lipinski definition) is 2. The summed E-state index contributed by atoms with van der Waals surface area (Å²) in [5, 5.41) is 3.08. The number of imidazole rings is 1. The molecule has 0 radical (unpaired) electrons. The predicted octanol–water partition coefficient (Wildman–Crippen LogP) is 3.83. The van der Waals surface area contributed by atoms with Gasteiger partial charge in [-0.15, -0.1) is 0 Å². The van der Waals surface area contributed by atoms with Gasteiger partial charge in [-0.25, -0.2) is 4.98 Å². The fourth-order valence-corrected chi connectivity index (χ4v) is 3.24. The summed E-state index contributed by atoms with van der Waals surface area (Å²) < 4.78 is 1.92. The monoisotopic (exact) mass is 311 g/mol. The Morgan fingerprint density at radius 2 is 2.22 bits per heavy atom. The number of carbonyl (C=O) groups excluding carboxylic acids is 1. The minimum atomic E-state index is -0.0173. The zero-order chi connectivity index (χ0) is 16.2. The van der Waals surface area contributed by atoms with Gasteiger partial charge in [0.25, 0.3) is 5.91 Å². The first-order chi connectivity index (χ1) is 11.2. The van der Waals surface area contributed by atoms with Crippen LogP contribution in [0.4, 0.5) is 0 Å². The van der Waals surface area contributed by atoms with Gasteiger partial charge in [0, 0.05) is 12.7 Å². The van der Waals surface area contributed by atoms with Crippen LogP contribution in [0.25, 0.3) is 5.65 Å². The highest BCUT2D eigenvalue weighted by molar-refractivity contribution is 5.94. The number of hydrogen-bond donors (Lipinski definition) is 1. The van der Waals surface area contributed by atoms with Crippen molar-refractivity contribution in [3.8, 4) is 0 Å². The number of aryl methyl sites for hydroxylation is 2. The number of aromatic nitrogens is 2. The Balaban J connectivity index is 1.74. The van der Waals surface area contributed by atoms with E-state index < -0.39 is 0 Å². The molecular formula is C19H25N3O. The molecule has 1 N–H and O–H groups in total. The smallest absolute Gasteiger partial charge is 0.270 e. The van der Waals surface area contributed by atoms with E-state index in [-0.39, 0.29) is 5.91 Å². The molecule has 0 saturated carbocycles. The van der Waals surface area contributed by atoms with Crippen molar-refractivity contribution in [2.45, 2.75) is 52.4 Å². The number of carbonyl (C=O) groups is 1. The lowest BCUT2D eigenvalue weighted by atomic mass is 9.97. The van der Waals surface area contributed by atoms with Crippen molar-refractivity contribution in [3.63, 3.8) is 0 Å². The van der Waals surface area contributed by atoms with E-state index in [0.717, 1.165) is 29.7 Å². The Morgan fingerprint density at radius 1 is 1.35 bits per heavy atom. The van der Waals surface area contributed by atoms with Gasteiger partial charge >= 0.3 is 0 Å². The quantitative estimate of drug-likeness (QED) is 0.853. The molecule has 0 bridgehead atoms. The van der Waals surface area contributed by atoms with Crippen LogP contribution in [0.15, 0.2) is 30.0 Å². The normalized spacial score (nSPS) is 14.8. The van der Waals surface area contributed by atoms with E-state index in [1.807, 2.05) is 36.6 Å². The molecular weight excluding hydrogens is 286 g/mol. The van der Waals surface area contributed by atoms with Crippen molar-refractivity contribution in [1.82, 2.24) is 14.7 Å². The fraction of sp³-hybridized carbons (Fsp3) is 0.474. The largest absolute Gasteiger partial charge is 0.350 e. The van der Waals surface area contributed by atoms with Crippen molar-refractivity contribution in [2.75, 3.05) is 6.54 Å². The molecule has 2 aromatic heterocycles. The zero-order valence-electron chi connectivity index (χ0n) is 14.1. The molecule has 0 unspecified atom stereocenters. The van der Waals surface area contributed by atoms with E-state index in [4.69, 9.17) is 0 Å². The Morgan fingerprint density at radius 3 is 2.96 bits per heavy atom. The van der Waals surface area contributed by atoms with Gasteiger partial charge in [-0.1, -0.05) is 24.6 Å². The van der Waals surface area contributed by atoms with Crippen molar-refractivity contribution < 1.29 is 4.79 Å². The molecule has 4 heteroatoms. The van der Waals surface area contributed by atoms with Crippen LogP contribution in [0.5, 0.6) is 0 Å². The second-order valence-electron chi connectivity index (χ2n) is 6.31. The van der Waals surface area contributed by atoms with Crippen molar-refractivity contribution in [3.05, 3.63) is 46.9 Å². The number of pyridine rings is 1. The number of allylic oxidation sites excluding steroid dienone is 1. The van der Waals surface area contributed by atoms with E-state index in [1.165, 1.54) is 31.3 Å². The summed E-state index contributed by atoms with van der Waals surface area (Å²) in [4.78, 5) is 17.2. The lowest BCUT2D eigenvalue weighted by molar-refractivity contribution is 0.0947. The highest BCUT2D eigenvalue weighted by Crippen LogP contribution is 2.20. The molecule has 2 heterocycles. The van der Waals surface area contributed by atoms with Crippen LogP contribution in [0.1, 0.15) is 60.8 Å². The van der Waals surface area contributed by atoms with Gasteiger partial charge in [-0.2, -0.15) is 0 Å². The molecule has 2 aromatic rings. The first-order valence-electron chi connectivity index (χ1n) is 8.62. The number of nitrogens with zero attached hydrogens (tertiary/aromatic N) is 2. The molecule has 1 amide bonds. The predicted molar refractivity (Wildman–Crippen MR) is 92.8 cm³/mol. The molecule has 0 spiro atoms. The molecule has 0 fully saturated rings. The fourth-order valence-electron chi connectivity index (χ4n) is 3.24. The van der Waals surface area contributed by atoms with Crippen molar-refractivity contribution in [2.24, 2.45) is 0 Å². The average Bonchev–Trinajstić information content (AvgIpc) is 2.93. The molecule has 1 aliphatic rings. The van der Waals surface area contributed by atoms with Crippen LogP contribution in [0, 0.1) is 6.92 Å². The minimum Gasteiger partial charge on any atom is -0.350 e. The Bertz CT molecular complexity index is 742. The van der Waals surface area contributed by atoms with Crippen LogP contribution in [-0.4, -0.2) is 21.8 Å². The van der Waals surface area contributed by atoms with E-state index in [9.17, 15) is 4.79 Å². The molecule has 3 rings (SSSR count). The Labute approximate surface area is 137 Å². The summed E-state index contributed by atoms with van der Waals surface area (Å²) >= 11 is 0. The van der Waals surface area contributed by atoms with Crippen LogP contribution >= 0.6 is 0 Å². The summed E-state index contributed by atoms with van der Waals surface area (Å²) in [6, 6.07) is 4.00. The topological polar surface area (TPSA) is 46.4 Å². The number of rotatable bonds is 5. The SMILES string of the molecule is CCc1nc2ccc(C)cn2c1C(=O)NCCC1=CCCCC1. The van der Waals surface area contributed by atoms with Crippen molar-refractivity contribution in [1.29, 1.82) is 0 Å². The molecule has 0 aromatic carbocycles. The third-order valence-corrected chi connectivity index (χ3v) is 4.51. The summed E-state index contributed by atoms with van der Waals surface area (Å²) in [6.45, 7) is 4.77. The lowest BCUT2D eigenvalue weighted by Crippen LogP contribution is -2.27. The molecule has 0 saturated heterocycles. The summed E-state index contributed by atoms with van der Waals surface area (Å²) in [7, 11) is 0. The average molecular weight is 311 g/mol. The van der Waals surface area contributed by atoms with Gasteiger partial charge < -0.3 is 5.32 Å². The van der Waals surface area contributed by atoms with E-state index in [1.54, 1.807) is 0 Å². The van der Waals surface area contributed by atoms with Gasteiger partial charge in [0.1, 0.15) is 11.3 Å². The molecule has 0 aliphatic heterocycles. The van der Waals surface area contributed by atoms with Crippen LogP contribution in [0.2, 0.25) is 0 Å². The van der Waals surface area contributed by atoms with Gasteiger partial charge in [0.05, 0.1) is 5.69 Å². The van der Waals surface area contributed by atoms with Gasteiger partial charge in [-0.05, 0) is 57.1 Å². The van der Waals surface area contributed by atoms with E-state index >= 15 is 0 Å². The maximum absolute atomic E-state index is 12.7. The summed E-state index contributed by atoms with van der Waals surface area (Å²) in [5.74, 6) is -0.0173. The zero-order valence-corrected chi connectivity index (χ0v) is 14.1. The van der Waals surface area contributed by atoms with Gasteiger partial charge in [0.2, 0.25) is 0 Å². The lowest BCUT2D eigenvalue weighted by Gasteiger charge is -2.13.